The van der Waals surface area contributed by atoms with Crippen molar-refractivity contribution in [1.82, 2.24) is 4.98 Å². The maximum absolute atomic E-state index is 12.5. The van der Waals surface area contributed by atoms with Gasteiger partial charge in [0.25, 0.3) is 0 Å². The van der Waals surface area contributed by atoms with E-state index in [0.717, 1.165) is 16.7 Å². The molecule has 0 fully saturated rings. The zero-order valence-electron chi connectivity index (χ0n) is 9.31. The Kier molecular flexibility index (Phi) is 3.08. The van der Waals surface area contributed by atoms with Crippen LogP contribution in [0.1, 0.15) is 36.8 Å². The first-order valence-corrected chi connectivity index (χ1v) is 7.40. The fourth-order valence-electron chi connectivity index (χ4n) is 2.22. The highest BCUT2D eigenvalue weighted by Gasteiger charge is 2.32. The summed E-state index contributed by atoms with van der Waals surface area (Å²) in [5.74, 6) is -0.00685. The van der Waals surface area contributed by atoms with Crippen LogP contribution >= 0.6 is 31.9 Å². The Morgan fingerprint density at radius 1 is 0.944 bits per heavy atom. The molecule has 1 aliphatic rings. The molecule has 0 amide bonds. The number of halogens is 2. The lowest BCUT2D eigenvalue weighted by Crippen LogP contribution is -2.06. The Morgan fingerprint density at radius 3 is 2.44 bits per heavy atom. The van der Waals surface area contributed by atoms with E-state index in [4.69, 9.17) is 0 Å². The molecule has 0 unspecified atom stereocenters. The number of ketones is 1. The van der Waals surface area contributed by atoms with E-state index >= 15 is 0 Å². The van der Waals surface area contributed by atoms with Gasteiger partial charge in [-0.1, -0.05) is 62.2 Å². The van der Waals surface area contributed by atoms with Crippen LogP contribution < -0.4 is 0 Å². The third-order valence-corrected chi connectivity index (χ3v) is 5.86. The van der Waals surface area contributed by atoms with Crippen molar-refractivity contribution in [2.45, 2.75) is 9.65 Å². The standard InChI is InChI=1S/C14H9Br2NO/c15-11-8-4-1-2-5-9(8)14(18)13-10(12(11)16)6-3-7-17-13/h1-7,11-12H/t11-,12-/m0/s1. The third-order valence-electron chi connectivity index (χ3n) is 3.11. The summed E-state index contributed by atoms with van der Waals surface area (Å²) in [6, 6.07) is 11.5. The van der Waals surface area contributed by atoms with Crippen LogP contribution in [0, 0.1) is 0 Å². The van der Waals surface area contributed by atoms with Gasteiger partial charge in [-0.05, 0) is 17.2 Å². The molecule has 18 heavy (non-hydrogen) atoms. The van der Waals surface area contributed by atoms with Crippen molar-refractivity contribution in [1.29, 1.82) is 0 Å². The summed E-state index contributed by atoms with van der Waals surface area (Å²) in [5, 5.41) is 0. The Balaban J connectivity index is 2.31. The van der Waals surface area contributed by atoms with Crippen molar-refractivity contribution in [2.75, 3.05) is 0 Å². The lowest BCUT2D eigenvalue weighted by atomic mass is 10.0. The van der Waals surface area contributed by atoms with E-state index in [2.05, 4.69) is 36.8 Å². The number of benzene rings is 1. The molecule has 0 aliphatic heterocycles. The largest absolute Gasteiger partial charge is 0.287 e. The first-order chi connectivity index (χ1) is 8.70. The zero-order chi connectivity index (χ0) is 12.7. The monoisotopic (exact) mass is 365 g/mol. The summed E-state index contributed by atoms with van der Waals surface area (Å²) >= 11 is 7.33. The van der Waals surface area contributed by atoms with E-state index < -0.39 is 0 Å². The van der Waals surface area contributed by atoms with E-state index in [0.29, 0.717) is 5.69 Å². The predicted molar refractivity (Wildman–Crippen MR) is 77.4 cm³/mol. The molecule has 0 saturated heterocycles. The highest BCUT2D eigenvalue weighted by Crippen LogP contribution is 2.46. The minimum Gasteiger partial charge on any atom is -0.287 e. The number of fused-ring (bicyclic) bond motifs is 2. The number of hydrogen-bond donors (Lipinski definition) is 0. The molecule has 1 aromatic carbocycles. The first-order valence-electron chi connectivity index (χ1n) is 5.57. The van der Waals surface area contributed by atoms with Crippen LogP contribution in [-0.4, -0.2) is 10.8 Å². The second-order valence-corrected chi connectivity index (χ2v) is 6.13. The van der Waals surface area contributed by atoms with Crippen molar-refractivity contribution in [3.8, 4) is 0 Å². The third kappa shape index (κ3) is 1.75. The smallest absolute Gasteiger partial charge is 0.211 e. The lowest BCUT2D eigenvalue weighted by Gasteiger charge is -2.16. The molecule has 0 bridgehead atoms. The Labute approximate surface area is 122 Å². The van der Waals surface area contributed by atoms with Gasteiger partial charge in [-0.2, -0.15) is 0 Å². The number of pyridine rings is 1. The maximum Gasteiger partial charge on any atom is 0.211 e. The molecule has 3 rings (SSSR count). The molecule has 90 valence electrons. The van der Waals surface area contributed by atoms with Crippen LogP contribution in [0.4, 0.5) is 0 Å². The van der Waals surface area contributed by atoms with Crippen molar-refractivity contribution in [3.05, 3.63) is 65.0 Å². The van der Waals surface area contributed by atoms with E-state index in [9.17, 15) is 4.79 Å². The summed E-state index contributed by atoms with van der Waals surface area (Å²) < 4.78 is 0. The zero-order valence-corrected chi connectivity index (χ0v) is 12.5. The molecular formula is C14H9Br2NO. The van der Waals surface area contributed by atoms with Gasteiger partial charge in [-0.3, -0.25) is 9.78 Å². The number of rotatable bonds is 0. The molecule has 0 N–H and O–H groups in total. The molecule has 0 spiro atoms. The van der Waals surface area contributed by atoms with Crippen molar-refractivity contribution in [3.63, 3.8) is 0 Å². The molecule has 2 atom stereocenters. The van der Waals surface area contributed by atoms with Crippen LogP contribution in [-0.2, 0) is 0 Å². The van der Waals surface area contributed by atoms with Gasteiger partial charge in [0, 0.05) is 11.8 Å². The van der Waals surface area contributed by atoms with E-state index in [1.54, 1.807) is 6.20 Å². The topological polar surface area (TPSA) is 30.0 Å². The van der Waals surface area contributed by atoms with Gasteiger partial charge >= 0.3 is 0 Å². The average Bonchev–Trinajstić information content (AvgIpc) is 2.51. The molecular weight excluding hydrogens is 358 g/mol. The van der Waals surface area contributed by atoms with Crippen molar-refractivity contribution < 1.29 is 4.79 Å². The summed E-state index contributed by atoms with van der Waals surface area (Å²) in [4.78, 5) is 16.9. The summed E-state index contributed by atoms with van der Waals surface area (Å²) in [6.45, 7) is 0. The maximum atomic E-state index is 12.5. The number of carbonyl (C=O) groups excluding carboxylic acids is 1. The summed E-state index contributed by atoms with van der Waals surface area (Å²) in [5.41, 5.74) is 3.19. The van der Waals surface area contributed by atoms with Crippen LogP contribution in [0.3, 0.4) is 0 Å². The van der Waals surface area contributed by atoms with Crippen molar-refractivity contribution >= 4 is 37.6 Å². The second-order valence-electron chi connectivity index (χ2n) is 4.16. The second kappa shape index (κ2) is 4.59. The van der Waals surface area contributed by atoms with E-state index in [1.807, 2.05) is 36.4 Å². The van der Waals surface area contributed by atoms with Gasteiger partial charge in [0.05, 0.1) is 9.65 Å². The number of carbonyl (C=O) groups is 1. The van der Waals surface area contributed by atoms with Crippen LogP contribution in [0.15, 0.2) is 42.6 Å². The molecule has 2 aromatic rings. The molecule has 1 aliphatic carbocycles. The number of alkyl halides is 2. The van der Waals surface area contributed by atoms with Gasteiger partial charge in [0.15, 0.2) is 0 Å². The van der Waals surface area contributed by atoms with Crippen LogP contribution in [0.5, 0.6) is 0 Å². The minimum atomic E-state index is -0.00685. The van der Waals surface area contributed by atoms with Crippen LogP contribution in [0.2, 0.25) is 0 Å². The highest BCUT2D eigenvalue weighted by molar-refractivity contribution is 9.12. The molecule has 1 aromatic heterocycles. The molecule has 0 radical (unpaired) electrons. The SMILES string of the molecule is O=C1c2ccccc2[C@H](Br)[C@@H](Br)c2cccnc21. The normalized spacial score (nSPS) is 22.0. The van der Waals surface area contributed by atoms with Gasteiger partial charge in [0.2, 0.25) is 5.78 Å². The number of hydrogen-bond acceptors (Lipinski definition) is 2. The fraction of sp³-hybridized carbons (Fsp3) is 0.143. The Hall–Kier alpha value is -1.00. The van der Waals surface area contributed by atoms with E-state index in [-0.39, 0.29) is 15.4 Å². The molecule has 0 saturated carbocycles. The molecule has 2 nitrogen and oxygen atoms in total. The van der Waals surface area contributed by atoms with Gasteiger partial charge < -0.3 is 0 Å². The van der Waals surface area contributed by atoms with Crippen molar-refractivity contribution in [2.24, 2.45) is 0 Å². The first kappa shape index (κ1) is 12.1. The Bertz CT molecular complexity index is 573. The quantitative estimate of drug-likeness (QED) is 0.654. The molecule has 1 heterocycles. The number of aromatic nitrogens is 1. The van der Waals surface area contributed by atoms with Crippen LogP contribution in [0.25, 0.3) is 0 Å². The average molecular weight is 367 g/mol. The minimum absolute atomic E-state index is 0.00685. The predicted octanol–water partition coefficient (Wildman–Crippen LogP) is 4.20. The molecule has 4 heteroatoms. The fourth-order valence-corrected chi connectivity index (χ4v) is 3.56. The Morgan fingerprint density at radius 2 is 1.61 bits per heavy atom. The lowest BCUT2D eigenvalue weighted by molar-refractivity contribution is 0.103. The number of nitrogens with zero attached hydrogens (tertiary/aromatic N) is 1. The summed E-state index contributed by atoms with van der Waals surface area (Å²) in [6.07, 6.45) is 1.66. The summed E-state index contributed by atoms with van der Waals surface area (Å²) in [7, 11) is 0. The van der Waals surface area contributed by atoms with Gasteiger partial charge in [0.1, 0.15) is 5.69 Å². The van der Waals surface area contributed by atoms with Gasteiger partial charge in [-0.25, -0.2) is 0 Å². The highest BCUT2D eigenvalue weighted by atomic mass is 79.9. The van der Waals surface area contributed by atoms with E-state index in [1.165, 1.54) is 0 Å². The van der Waals surface area contributed by atoms with Gasteiger partial charge in [-0.15, -0.1) is 0 Å².